The number of thioether (sulfide) groups is 1. The SMILES string of the molecule is CC(C)c1nc(SCC(=O)N2CC[C@H]3CCCC[C@@H]3C2)n[nH]1. The number of aromatic nitrogens is 3. The highest BCUT2D eigenvalue weighted by Crippen LogP contribution is 2.36. The molecule has 2 fully saturated rings. The lowest BCUT2D eigenvalue weighted by molar-refractivity contribution is -0.131. The zero-order valence-corrected chi connectivity index (χ0v) is 14.4. The number of hydrogen-bond acceptors (Lipinski definition) is 4. The molecule has 0 bridgehead atoms. The summed E-state index contributed by atoms with van der Waals surface area (Å²) >= 11 is 1.45. The summed E-state index contributed by atoms with van der Waals surface area (Å²) < 4.78 is 0. The molecule has 1 aromatic heterocycles. The molecule has 5 nitrogen and oxygen atoms in total. The number of hydrogen-bond donors (Lipinski definition) is 1. The van der Waals surface area contributed by atoms with Crippen molar-refractivity contribution >= 4 is 17.7 Å². The van der Waals surface area contributed by atoms with Crippen molar-refractivity contribution in [2.75, 3.05) is 18.8 Å². The van der Waals surface area contributed by atoms with Crippen molar-refractivity contribution < 1.29 is 4.79 Å². The topological polar surface area (TPSA) is 61.9 Å². The fourth-order valence-corrected chi connectivity index (χ4v) is 4.33. The molecule has 1 aliphatic heterocycles. The normalized spacial score (nSPS) is 25.3. The number of likely N-dealkylation sites (tertiary alicyclic amines) is 1. The summed E-state index contributed by atoms with van der Waals surface area (Å²) in [5.74, 6) is 3.53. The van der Waals surface area contributed by atoms with Crippen molar-refractivity contribution in [1.29, 1.82) is 0 Å². The van der Waals surface area contributed by atoms with Crippen molar-refractivity contribution in [2.24, 2.45) is 11.8 Å². The predicted molar refractivity (Wildman–Crippen MR) is 87.8 cm³/mol. The number of fused-ring (bicyclic) bond motifs is 1. The van der Waals surface area contributed by atoms with Gasteiger partial charge in [-0.2, -0.15) is 0 Å². The van der Waals surface area contributed by atoms with Crippen LogP contribution in [-0.2, 0) is 4.79 Å². The summed E-state index contributed by atoms with van der Waals surface area (Å²) in [6.45, 7) is 6.06. The van der Waals surface area contributed by atoms with Crippen LogP contribution in [0.15, 0.2) is 5.16 Å². The van der Waals surface area contributed by atoms with Crippen LogP contribution < -0.4 is 0 Å². The first-order valence-corrected chi connectivity index (χ1v) is 9.45. The third-order valence-electron chi connectivity index (χ3n) is 5.00. The number of carbonyl (C=O) groups is 1. The van der Waals surface area contributed by atoms with Crippen molar-refractivity contribution in [1.82, 2.24) is 20.1 Å². The van der Waals surface area contributed by atoms with Gasteiger partial charge in [0.2, 0.25) is 11.1 Å². The lowest BCUT2D eigenvalue weighted by atomic mass is 9.75. The first-order valence-electron chi connectivity index (χ1n) is 8.46. The minimum atomic E-state index is 0.241. The molecule has 1 aromatic rings. The number of rotatable bonds is 4. The Bertz CT molecular complexity index is 516. The van der Waals surface area contributed by atoms with Gasteiger partial charge in [0.1, 0.15) is 5.82 Å². The minimum Gasteiger partial charge on any atom is -0.342 e. The Labute approximate surface area is 136 Å². The van der Waals surface area contributed by atoms with Gasteiger partial charge in [-0.3, -0.25) is 9.89 Å². The monoisotopic (exact) mass is 322 g/mol. The van der Waals surface area contributed by atoms with Crippen molar-refractivity contribution in [3.8, 4) is 0 Å². The Hall–Kier alpha value is -1.04. The van der Waals surface area contributed by atoms with E-state index in [9.17, 15) is 4.79 Å². The molecule has 1 aliphatic carbocycles. The zero-order valence-electron chi connectivity index (χ0n) is 13.5. The maximum atomic E-state index is 12.4. The van der Waals surface area contributed by atoms with Crippen LogP contribution in [0.25, 0.3) is 0 Å². The molecular weight excluding hydrogens is 296 g/mol. The highest BCUT2D eigenvalue weighted by Gasteiger charge is 2.32. The van der Waals surface area contributed by atoms with Gasteiger partial charge >= 0.3 is 0 Å². The van der Waals surface area contributed by atoms with E-state index < -0.39 is 0 Å². The number of carbonyl (C=O) groups excluding carboxylic acids is 1. The van der Waals surface area contributed by atoms with Gasteiger partial charge < -0.3 is 4.90 Å². The second-order valence-electron chi connectivity index (χ2n) is 6.88. The second kappa shape index (κ2) is 7.02. The van der Waals surface area contributed by atoms with Gasteiger partial charge in [-0.15, -0.1) is 5.10 Å². The molecule has 0 aromatic carbocycles. The first kappa shape index (κ1) is 15.8. The molecule has 6 heteroatoms. The summed E-state index contributed by atoms with van der Waals surface area (Å²) in [5, 5.41) is 7.80. The maximum Gasteiger partial charge on any atom is 0.233 e. The van der Waals surface area contributed by atoms with Crippen LogP contribution in [0, 0.1) is 11.8 Å². The number of piperidine rings is 1. The number of amides is 1. The molecule has 2 aliphatic rings. The lowest BCUT2D eigenvalue weighted by Crippen LogP contribution is -2.45. The molecule has 1 N–H and O–H groups in total. The van der Waals surface area contributed by atoms with E-state index in [0.717, 1.165) is 30.7 Å². The largest absolute Gasteiger partial charge is 0.342 e. The molecule has 122 valence electrons. The maximum absolute atomic E-state index is 12.4. The molecule has 0 spiro atoms. The van der Waals surface area contributed by atoms with Gasteiger partial charge in [0.15, 0.2) is 0 Å². The van der Waals surface area contributed by atoms with E-state index >= 15 is 0 Å². The predicted octanol–water partition coefficient (Wildman–Crippen LogP) is 3.06. The Morgan fingerprint density at radius 1 is 1.32 bits per heavy atom. The van der Waals surface area contributed by atoms with E-state index in [1.54, 1.807) is 0 Å². The lowest BCUT2D eigenvalue weighted by Gasteiger charge is -2.41. The van der Waals surface area contributed by atoms with Gasteiger partial charge in [-0.05, 0) is 24.7 Å². The molecular formula is C16H26N4OS. The third kappa shape index (κ3) is 3.65. The van der Waals surface area contributed by atoms with Gasteiger partial charge in [0.25, 0.3) is 0 Å². The number of aromatic amines is 1. The second-order valence-corrected chi connectivity index (χ2v) is 7.82. The smallest absolute Gasteiger partial charge is 0.233 e. The van der Waals surface area contributed by atoms with Crippen LogP contribution in [0.4, 0.5) is 0 Å². The number of nitrogens with one attached hydrogen (secondary N) is 1. The summed E-state index contributed by atoms with van der Waals surface area (Å²) in [5.41, 5.74) is 0. The van der Waals surface area contributed by atoms with Crippen molar-refractivity contribution in [2.45, 2.75) is 57.0 Å². The van der Waals surface area contributed by atoms with Crippen LogP contribution in [0.2, 0.25) is 0 Å². The van der Waals surface area contributed by atoms with Crippen LogP contribution in [-0.4, -0.2) is 44.8 Å². The van der Waals surface area contributed by atoms with E-state index in [1.165, 1.54) is 43.9 Å². The van der Waals surface area contributed by atoms with Crippen LogP contribution in [0.1, 0.15) is 57.7 Å². The standard InChI is InChI=1S/C16H26N4OS/c1-11(2)15-17-16(19-18-15)22-10-14(21)20-8-7-12-5-3-4-6-13(12)9-20/h11-13H,3-10H2,1-2H3,(H,17,18,19)/t12-,13-/m1/s1. The summed E-state index contributed by atoms with van der Waals surface area (Å²) in [6.07, 6.45) is 6.59. The van der Waals surface area contributed by atoms with E-state index in [-0.39, 0.29) is 5.91 Å². The van der Waals surface area contributed by atoms with Crippen LogP contribution >= 0.6 is 11.8 Å². The van der Waals surface area contributed by atoms with Crippen molar-refractivity contribution in [3.63, 3.8) is 0 Å². The van der Waals surface area contributed by atoms with Gasteiger partial charge in [-0.1, -0.05) is 44.9 Å². The quantitative estimate of drug-likeness (QED) is 0.866. The number of nitrogens with zero attached hydrogens (tertiary/aromatic N) is 3. The third-order valence-corrected chi connectivity index (χ3v) is 5.83. The fraction of sp³-hybridized carbons (Fsp3) is 0.812. The molecule has 1 amide bonds. The molecule has 1 saturated carbocycles. The summed E-state index contributed by atoms with van der Waals surface area (Å²) in [7, 11) is 0. The molecule has 1 saturated heterocycles. The Kier molecular flexibility index (Phi) is 5.06. The molecule has 22 heavy (non-hydrogen) atoms. The highest BCUT2D eigenvalue weighted by atomic mass is 32.2. The number of H-pyrrole nitrogens is 1. The van der Waals surface area contributed by atoms with E-state index in [2.05, 4.69) is 33.9 Å². The summed E-state index contributed by atoms with van der Waals surface area (Å²) in [6, 6.07) is 0. The molecule has 0 radical (unpaired) electrons. The zero-order chi connectivity index (χ0) is 15.5. The molecule has 2 heterocycles. The van der Waals surface area contributed by atoms with E-state index in [4.69, 9.17) is 0 Å². The van der Waals surface area contributed by atoms with Crippen LogP contribution in [0.3, 0.4) is 0 Å². The molecule has 3 rings (SSSR count). The summed E-state index contributed by atoms with van der Waals surface area (Å²) in [4.78, 5) is 18.9. The highest BCUT2D eigenvalue weighted by molar-refractivity contribution is 7.99. The Morgan fingerprint density at radius 3 is 2.82 bits per heavy atom. The Balaban J connectivity index is 1.49. The van der Waals surface area contributed by atoms with Gasteiger partial charge in [0.05, 0.1) is 5.75 Å². The van der Waals surface area contributed by atoms with E-state index in [0.29, 0.717) is 16.8 Å². The van der Waals surface area contributed by atoms with Crippen molar-refractivity contribution in [3.05, 3.63) is 5.82 Å². The Morgan fingerprint density at radius 2 is 2.09 bits per heavy atom. The fourth-order valence-electron chi connectivity index (χ4n) is 3.63. The van der Waals surface area contributed by atoms with Gasteiger partial charge in [-0.25, -0.2) is 4.98 Å². The van der Waals surface area contributed by atoms with Crippen LogP contribution in [0.5, 0.6) is 0 Å². The van der Waals surface area contributed by atoms with E-state index in [1.807, 2.05) is 0 Å². The molecule has 2 atom stereocenters. The minimum absolute atomic E-state index is 0.241. The van der Waals surface area contributed by atoms with Gasteiger partial charge in [0, 0.05) is 19.0 Å². The molecule has 0 unspecified atom stereocenters. The average molecular weight is 322 g/mol. The average Bonchev–Trinajstić information content (AvgIpc) is 3.01. The first-order chi connectivity index (χ1) is 10.6.